The first-order chi connectivity index (χ1) is 8.70. The fourth-order valence-electron chi connectivity index (χ4n) is 1.82. The topological polar surface area (TPSA) is 74.3 Å². The summed E-state index contributed by atoms with van der Waals surface area (Å²) in [5.41, 5.74) is 0.545. The van der Waals surface area contributed by atoms with Crippen molar-refractivity contribution in [2.24, 2.45) is 0 Å². The highest BCUT2D eigenvalue weighted by Gasteiger charge is 2.19. The second kappa shape index (κ2) is 5.48. The lowest BCUT2D eigenvalue weighted by Crippen LogP contribution is -2.34. The van der Waals surface area contributed by atoms with E-state index in [9.17, 15) is 9.59 Å². The van der Waals surface area contributed by atoms with Gasteiger partial charge in [0.2, 0.25) is 5.91 Å². The highest BCUT2D eigenvalue weighted by Crippen LogP contribution is 2.08. The third-order valence-corrected chi connectivity index (χ3v) is 2.87. The third-order valence-electron chi connectivity index (χ3n) is 2.87. The Morgan fingerprint density at radius 1 is 1.44 bits per heavy atom. The first kappa shape index (κ1) is 12.3. The average Bonchev–Trinajstić information content (AvgIpc) is 2.63. The molecule has 0 unspecified atom stereocenters. The Balaban J connectivity index is 2.07. The summed E-state index contributed by atoms with van der Waals surface area (Å²) in [6, 6.07) is 3.50. The van der Waals surface area contributed by atoms with Gasteiger partial charge in [-0.25, -0.2) is 4.98 Å². The number of anilines is 1. The predicted molar refractivity (Wildman–Crippen MR) is 67.3 cm³/mol. The summed E-state index contributed by atoms with van der Waals surface area (Å²) in [7, 11) is 1.77. The third kappa shape index (κ3) is 2.77. The van der Waals surface area contributed by atoms with Crippen molar-refractivity contribution in [1.82, 2.24) is 15.2 Å². The molecule has 2 heterocycles. The number of rotatable bonds is 2. The number of amides is 2. The molecule has 96 valence electrons. The Hall–Kier alpha value is -2.11. The van der Waals surface area contributed by atoms with Crippen molar-refractivity contribution in [3.63, 3.8) is 0 Å². The molecule has 1 fully saturated rings. The quantitative estimate of drug-likeness (QED) is 0.777. The van der Waals surface area contributed by atoms with Crippen LogP contribution < -0.4 is 10.6 Å². The maximum absolute atomic E-state index is 12.2. The zero-order chi connectivity index (χ0) is 13.0. The normalized spacial score (nSPS) is 15.8. The van der Waals surface area contributed by atoms with Crippen molar-refractivity contribution in [2.75, 3.05) is 32.0 Å². The number of aromatic nitrogens is 1. The fraction of sp³-hybridized carbons (Fsp3) is 0.417. The van der Waals surface area contributed by atoms with Crippen molar-refractivity contribution in [2.45, 2.75) is 6.42 Å². The van der Waals surface area contributed by atoms with E-state index in [1.54, 1.807) is 30.3 Å². The Kier molecular flexibility index (Phi) is 3.76. The number of pyridine rings is 1. The molecule has 1 aromatic heterocycles. The van der Waals surface area contributed by atoms with Crippen molar-refractivity contribution in [1.29, 1.82) is 0 Å². The lowest BCUT2D eigenvalue weighted by Gasteiger charge is -2.19. The molecule has 1 aliphatic rings. The summed E-state index contributed by atoms with van der Waals surface area (Å²) in [4.78, 5) is 29.2. The van der Waals surface area contributed by atoms with Crippen LogP contribution in [0, 0.1) is 0 Å². The zero-order valence-corrected chi connectivity index (χ0v) is 10.3. The van der Waals surface area contributed by atoms with Crippen LogP contribution in [0.1, 0.15) is 16.8 Å². The zero-order valence-electron chi connectivity index (χ0n) is 10.3. The van der Waals surface area contributed by atoms with Crippen molar-refractivity contribution >= 4 is 17.6 Å². The highest BCUT2D eigenvalue weighted by atomic mass is 16.2. The van der Waals surface area contributed by atoms with E-state index in [-0.39, 0.29) is 11.8 Å². The molecule has 0 spiro atoms. The van der Waals surface area contributed by atoms with Gasteiger partial charge in [-0.1, -0.05) is 0 Å². The Morgan fingerprint density at radius 2 is 2.28 bits per heavy atom. The molecule has 0 atom stereocenters. The molecule has 1 aromatic rings. The minimum absolute atomic E-state index is 0.00560. The lowest BCUT2D eigenvalue weighted by molar-refractivity contribution is -0.120. The summed E-state index contributed by atoms with van der Waals surface area (Å²) in [6.07, 6.45) is 1.90. The Labute approximate surface area is 105 Å². The van der Waals surface area contributed by atoms with Gasteiger partial charge >= 0.3 is 0 Å². The van der Waals surface area contributed by atoms with Gasteiger partial charge in [-0.2, -0.15) is 0 Å². The largest absolute Gasteiger partial charge is 0.373 e. The van der Waals surface area contributed by atoms with E-state index in [1.807, 2.05) is 0 Å². The molecule has 2 amide bonds. The summed E-state index contributed by atoms with van der Waals surface area (Å²) in [5, 5.41) is 5.64. The molecule has 18 heavy (non-hydrogen) atoms. The minimum Gasteiger partial charge on any atom is -0.373 e. The molecule has 2 N–H and O–H groups in total. The number of hydrogen-bond donors (Lipinski definition) is 2. The van der Waals surface area contributed by atoms with Crippen molar-refractivity contribution in [3.8, 4) is 0 Å². The summed E-state index contributed by atoms with van der Waals surface area (Å²) in [6.45, 7) is 1.50. The maximum atomic E-state index is 12.2. The molecule has 0 radical (unpaired) electrons. The smallest absolute Gasteiger partial charge is 0.255 e. The van der Waals surface area contributed by atoms with Gasteiger partial charge in [-0.05, 0) is 12.1 Å². The van der Waals surface area contributed by atoms with E-state index in [0.29, 0.717) is 31.6 Å². The van der Waals surface area contributed by atoms with Gasteiger partial charge < -0.3 is 15.5 Å². The lowest BCUT2D eigenvalue weighted by atomic mass is 10.2. The van der Waals surface area contributed by atoms with E-state index in [1.165, 1.54) is 0 Å². The van der Waals surface area contributed by atoms with E-state index in [2.05, 4.69) is 15.6 Å². The SMILES string of the molecule is CNc1ccc(C(=O)N2CCNC(=O)CC2)cn1. The number of carbonyl (C=O) groups excluding carboxylic acids is 2. The summed E-state index contributed by atoms with van der Waals surface area (Å²) < 4.78 is 0. The molecule has 0 aliphatic carbocycles. The Bertz CT molecular complexity index is 444. The minimum atomic E-state index is -0.0818. The van der Waals surface area contributed by atoms with Crippen LogP contribution >= 0.6 is 0 Å². The number of nitrogens with zero attached hydrogens (tertiary/aromatic N) is 2. The molecule has 0 aromatic carbocycles. The molecule has 6 nitrogen and oxygen atoms in total. The molecule has 0 bridgehead atoms. The number of nitrogens with one attached hydrogen (secondary N) is 2. The average molecular weight is 248 g/mol. The van der Waals surface area contributed by atoms with Crippen molar-refractivity contribution in [3.05, 3.63) is 23.9 Å². The van der Waals surface area contributed by atoms with E-state index >= 15 is 0 Å². The van der Waals surface area contributed by atoms with Crippen molar-refractivity contribution < 1.29 is 9.59 Å². The van der Waals surface area contributed by atoms with Gasteiger partial charge in [0.25, 0.3) is 5.91 Å². The van der Waals surface area contributed by atoms with E-state index in [0.717, 1.165) is 5.82 Å². The van der Waals surface area contributed by atoms with E-state index in [4.69, 9.17) is 0 Å². The van der Waals surface area contributed by atoms with Gasteiger partial charge in [-0.15, -0.1) is 0 Å². The van der Waals surface area contributed by atoms with Crippen LogP contribution in [-0.2, 0) is 4.79 Å². The Morgan fingerprint density at radius 3 is 2.94 bits per heavy atom. The van der Waals surface area contributed by atoms with Crippen LogP contribution in [0.4, 0.5) is 5.82 Å². The van der Waals surface area contributed by atoms with Crippen LogP contribution in [-0.4, -0.2) is 48.4 Å². The number of carbonyl (C=O) groups is 2. The first-order valence-electron chi connectivity index (χ1n) is 5.90. The molecule has 1 aliphatic heterocycles. The van der Waals surface area contributed by atoms with Gasteiger partial charge in [0.15, 0.2) is 0 Å². The molecule has 0 saturated carbocycles. The fourth-order valence-corrected chi connectivity index (χ4v) is 1.82. The number of hydrogen-bond acceptors (Lipinski definition) is 4. The van der Waals surface area contributed by atoms with Gasteiger partial charge in [-0.3, -0.25) is 9.59 Å². The molecule has 1 saturated heterocycles. The van der Waals surface area contributed by atoms with Gasteiger partial charge in [0, 0.05) is 39.3 Å². The summed E-state index contributed by atoms with van der Waals surface area (Å²) >= 11 is 0. The molecular formula is C12H16N4O2. The maximum Gasteiger partial charge on any atom is 0.255 e. The molecular weight excluding hydrogens is 232 g/mol. The van der Waals surface area contributed by atoms with Gasteiger partial charge in [0.1, 0.15) is 5.82 Å². The van der Waals surface area contributed by atoms with Gasteiger partial charge in [0.05, 0.1) is 5.56 Å². The highest BCUT2D eigenvalue weighted by molar-refractivity contribution is 5.94. The second-order valence-corrected chi connectivity index (χ2v) is 4.07. The van der Waals surface area contributed by atoms with Crippen LogP contribution in [0.2, 0.25) is 0 Å². The molecule has 2 rings (SSSR count). The second-order valence-electron chi connectivity index (χ2n) is 4.07. The molecule has 6 heteroatoms. The summed E-state index contributed by atoms with van der Waals surface area (Å²) in [5.74, 6) is 0.634. The van der Waals surface area contributed by atoms with Crippen LogP contribution in [0.25, 0.3) is 0 Å². The standard InChI is InChI=1S/C12H16N4O2/c1-13-10-3-2-9(8-15-10)12(18)16-6-4-11(17)14-5-7-16/h2-3,8H,4-7H2,1H3,(H,13,15)(H,14,17). The van der Waals surface area contributed by atoms with Crippen LogP contribution in [0.3, 0.4) is 0 Å². The van der Waals surface area contributed by atoms with Crippen LogP contribution in [0.5, 0.6) is 0 Å². The van der Waals surface area contributed by atoms with E-state index < -0.39 is 0 Å². The first-order valence-corrected chi connectivity index (χ1v) is 5.90. The van der Waals surface area contributed by atoms with Crippen LogP contribution in [0.15, 0.2) is 18.3 Å². The predicted octanol–water partition coefficient (Wildman–Crippen LogP) is 0.0854. The monoisotopic (exact) mass is 248 g/mol.